The van der Waals surface area contributed by atoms with Gasteiger partial charge < -0.3 is 21.3 Å². The molecule has 1 aromatic heterocycles. The van der Waals surface area contributed by atoms with Crippen molar-refractivity contribution in [3.8, 4) is 5.69 Å². The summed E-state index contributed by atoms with van der Waals surface area (Å²) in [5.41, 5.74) is 8.92. The number of alkyl halides is 3. The predicted octanol–water partition coefficient (Wildman–Crippen LogP) is 6.91. The van der Waals surface area contributed by atoms with Gasteiger partial charge in [-0.05, 0) is 89.2 Å². The van der Waals surface area contributed by atoms with Crippen LogP contribution in [-0.2, 0) is 12.7 Å². The quantitative estimate of drug-likeness (QED) is 0.160. The third-order valence-electron chi connectivity index (χ3n) is 8.11. The molecule has 1 aliphatic carbocycles. The smallest absolute Gasteiger partial charge is 0.378 e. The molecule has 1 atom stereocenters. The molecule has 1 amide bonds. The molecule has 7 nitrogen and oxygen atoms in total. The third-order valence-corrected chi connectivity index (χ3v) is 8.11. The second kappa shape index (κ2) is 12.4. The molecule has 6 rings (SSSR count). The molecule has 1 fully saturated rings. The van der Waals surface area contributed by atoms with Crippen LogP contribution in [0.25, 0.3) is 16.5 Å². The van der Waals surface area contributed by atoms with Crippen LogP contribution in [0.15, 0.2) is 91.0 Å². The van der Waals surface area contributed by atoms with Crippen molar-refractivity contribution in [2.24, 2.45) is 11.7 Å². The number of carbonyl (C=O) groups excluding carboxylic acids is 1. The average Bonchev–Trinajstić information content (AvgIpc) is 3.74. The lowest BCUT2D eigenvalue weighted by atomic mass is 9.92. The monoisotopic (exact) mass is 612 g/mol. The van der Waals surface area contributed by atoms with E-state index in [0.717, 1.165) is 44.9 Å². The Morgan fingerprint density at radius 1 is 1.00 bits per heavy atom. The molecule has 1 unspecified atom stereocenters. The molecule has 1 saturated carbocycles. The summed E-state index contributed by atoms with van der Waals surface area (Å²) in [6.45, 7) is 1.04. The van der Waals surface area contributed by atoms with E-state index in [1.165, 1.54) is 12.8 Å². The second-order valence-corrected chi connectivity index (χ2v) is 11.7. The number of carbonyl (C=O) groups is 1. The van der Waals surface area contributed by atoms with E-state index in [9.17, 15) is 18.0 Å². The maximum absolute atomic E-state index is 13.7. The first kappa shape index (κ1) is 30.4. The number of benzene rings is 4. The fraction of sp³-hybridized carbons (Fsp3) is 0.257. The van der Waals surface area contributed by atoms with Crippen LogP contribution in [0, 0.1) is 5.92 Å². The molecule has 0 spiro atoms. The molecule has 10 heteroatoms. The maximum atomic E-state index is 13.7. The SMILES string of the molecule is CN(C)c1cc(C(NCC2CC2)c2cccc(NC(=O)c3cc(C(F)(F)F)nn3-c3cccc(CN)c3)c2)c2ccccc2c1. The summed E-state index contributed by atoms with van der Waals surface area (Å²) >= 11 is 0. The van der Waals surface area contributed by atoms with Crippen molar-refractivity contribution >= 4 is 28.1 Å². The van der Waals surface area contributed by atoms with E-state index in [2.05, 4.69) is 44.9 Å². The first-order chi connectivity index (χ1) is 21.6. The summed E-state index contributed by atoms with van der Waals surface area (Å²) in [7, 11) is 4.02. The Labute approximate surface area is 259 Å². The number of nitrogens with one attached hydrogen (secondary N) is 2. The Bertz CT molecular complexity index is 1840. The number of fused-ring (bicyclic) bond motifs is 1. The van der Waals surface area contributed by atoms with Crippen molar-refractivity contribution < 1.29 is 18.0 Å². The topological polar surface area (TPSA) is 88.2 Å². The summed E-state index contributed by atoms with van der Waals surface area (Å²) in [5.74, 6) is -0.0876. The molecule has 4 aromatic carbocycles. The summed E-state index contributed by atoms with van der Waals surface area (Å²) < 4.78 is 42.2. The minimum atomic E-state index is -4.73. The highest BCUT2D eigenvalue weighted by Gasteiger charge is 2.36. The van der Waals surface area contributed by atoms with Gasteiger partial charge in [-0.2, -0.15) is 18.3 Å². The van der Waals surface area contributed by atoms with Gasteiger partial charge in [0.05, 0.1) is 11.7 Å². The zero-order chi connectivity index (χ0) is 31.7. The summed E-state index contributed by atoms with van der Waals surface area (Å²) in [6, 6.07) is 27.3. The van der Waals surface area contributed by atoms with E-state index < -0.39 is 17.8 Å². The number of amides is 1. The Balaban J connectivity index is 1.37. The minimum absolute atomic E-state index is 0.186. The number of hydrogen-bond acceptors (Lipinski definition) is 5. The van der Waals surface area contributed by atoms with E-state index in [-0.39, 0.29) is 18.3 Å². The molecular formula is C35H35F3N6O. The Hall–Kier alpha value is -4.67. The van der Waals surface area contributed by atoms with Crippen molar-refractivity contribution in [2.45, 2.75) is 31.6 Å². The first-order valence-corrected chi connectivity index (χ1v) is 14.9. The van der Waals surface area contributed by atoms with Crippen LogP contribution >= 0.6 is 0 Å². The van der Waals surface area contributed by atoms with Crippen LogP contribution in [0.5, 0.6) is 0 Å². The number of aromatic nitrogens is 2. The fourth-order valence-electron chi connectivity index (χ4n) is 5.52. The van der Waals surface area contributed by atoms with Crippen molar-refractivity contribution in [1.29, 1.82) is 0 Å². The molecule has 4 N–H and O–H groups in total. The molecule has 1 aliphatic rings. The number of hydrogen-bond donors (Lipinski definition) is 3. The summed E-state index contributed by atoms with van der Waals surface area (Å²) in [6.07, 6.45) is -2.35. The molecule has 5 aromatic rings. The zero-order valence-electron chi connectivity index (χ0n) is 25.1. The normalized spacial score (nSPS) is 14.0. The highest BCUT2D eigenvalue weighted by atomic mass is 19.4. The fourth-order valence-corrected chi connectivity index (χ4v) is 5.52. The molecular weight excluding hydrogens is 577 g/mol. The number of nitrogens with two attached hydrogens (primary N) is 1. The zero-order valence-corrected chi connectivity index (χ0v) is 25.1. The number of rotatable bonds is 10. The van der Waals surface area contributed by atoms with Crippen LogP contribution < -0.4 is 21.3 Å². The van der Waals surface area contributed by atoms with E-state index in [0.29, 0.717) is 22.9 Å². The largest absolute Gasteiger partial charge is 0.435 e. The number of anilines is 2. The van der Waals surface area contributed by atoms with Gasteiger partial charge in [0.15, 0.2) is 5.69 Å². The lowest BCUT2D eigenvalue weighted by Gasteiger charge is -2.25. The van der Waals surface area contributed by atoms with Gasteiger partial charge >= 0.3 is 6.18 Å². The molecule has 0 aliphatic heterocycles. The van der Waals surface area contributed by atoms with Crippen molar-refractivity contribution in [2.75, 3.05) is 30.9 Å². The molecule has 1 heterocycles. The third kappa shape index (κ3) is 6.72. The molecule has 232 valence electrons. The number of nitrogens with zero attached hydrogens (tertiary/aromatic N) is 3. The van der Waals surface area contributed by atoms with Gasteiger partial charge in [0.1, 0.15) is 5.69 Å². The van der Waals surface area contributed by atoms with Crippen LogP contribution in [0.2, 0.25) is 0 Å². The van der Waals surface area contributed by atoms with Crippen molar-refractivity contribution in [1.82, 2.24) is 15.1 Å². The van der Waals surface area contributed by atoms with E-state index in [4.69, 9.17) is 5.73 Å². The van der Waals surface area contributed by atoms with Crippen LogP contribution in [-0.4, -0.2) is 36.3 Å². The second-order valence-electron chi connectivity index (χ2n) is 11.7. The van der Waals surface area contributed by atoms with E-state index in [1.807, 2.05) is 44.4 Å². The highest BCUT2D eigenvalue weighted by molar-refractivity contribution is 6.03. The maximum Gasteiger partial charge on any atom is 0.435 e. The van der Waals surface area contributed by atoms with Gasteiger partial charge in [0, 0.05) is 38.1 Å². The number of halogens is 3. The summed E-state index contributed by atoms with van der Waals surface area (Å²) in [4.78, 5) is 15.7. The van der Waals surface area contributed by atoms with Gasteiger partial charge in [-0.25, -0.2) is 4.68 Å². The average molecular weight is 613 g/mol. The highest BCUT2D eigenvalue weighted by Crippen LogP contribution is 2.36. The van der Waals surface area contributed by atoms with Gasteiger partial charge in [0.25, 0.3) is 5.91 Å². The van der Waals surface area contributed by atoms with Gasteiger partial charge in [-0.15, -0.1) is 0 Å². The molecule has 0 bridgehead atoms. The Morgan fingerprint density at radius 3 is 2.51 bits per heavy atom. The minimum Gasteiger partial charge on any atom is -0.378 e. The summed E-state index contributed by atoms with van der Waals surface area (Å²) in [5, 5.41) is 12.6. The Kier molecular flexibility index (Phi) is 8.35. The molecule has 0 saturated heterocycles. The Morgan fingerprint density at radius 2 is 1.78 bits per heavy atom. The molecule has 45 heavy (non-hydrogen) atoms. The first-order valence-electron chi connectivity index (χ1n) is 14.9. The van der Waals surface area contributed by atoms with Crippen molar-refractivity contribution in [3.05, 3.63) is 119 Å². The van der Waals surface area contributed by atoms with Crippen LogP contribution in [0.1, 0.15) is 51.8 Å². The van der Waals surface area contributed by atoms with Gasteiger partial charge in [0.2, 0.25) is 0 Å². The van der Waals surface area contributed by atoms with Crippen molar-refractivity contribution in [3.63, 3.8) is 0 Å². The lowest BCUT2D eigenvalue weighted by molar-refractivity contribution is -0.141. The standard InChI is InChI=1S/C35H35F3N6O/c1-43(2)28-17-24-8-3-4-12-29(24)30(18-28)33(40-21-22-13-14-22)25-9-6-10-26(16-25)41-34(45)31-19-32(35(36,37)38)42-44(31)27-11-5-7-23(15-27)20-39/h3-12,15-19,22,33,40H,13-14,20-21,39H2,1-2H3,(H,41,45). The van der Waals surface area contributed by atoms with E-state index >= 15 is 0 Å². The van der Waals surface area contributed by atoms with Gasteiger partial charge in [-0.3, -0.25) is 4.79 Å². The van der Waals surface area contributed by atoms with Crippen LogP contribution in [0.4, 0.5) is 24.5 Å². The van der Waals surface area contributed by atoms with Gasteiger partial charge in [-0.1, -0.05) is 48.5 Å². The molecule has 0 radical (unpaired) electrons. The predicted molar refractivity (Wildman–Crippen MR) is 172 cm³/mol. The lowest BCUT2D eigenvalue weighted by Crippen LogP contribution is -2.25. The van der Waals surface area contributed by atoms with E-state index in [1.54, 1.807) is 30.3 Å². The van der Waals surface area contributed by atoms with Crippen LogP contribution in [0.3, 0.4) is 0 Å².